The minimum Gasteiger partial charge on any atom is -0.507 e. The molecule has 2 N–H and O–H groups in total. The van der Waals surface area contributed by atoms with Crippen molar-refractivity contribution in [1.29, 1.82) is 0 Å². The Bertz CT molecular complexity index is 2200. The Morgan fingerprint density at radius 1 is 0.521 bits per heavy atom. The molecule has 3 aromatic heterocycles. The van der Waals surface area contributed by atoms with Crippen molar-refractivity contribution in [3.05, 3.63) is 113 Å². The second-order valence-electron chi connectivity index (χ2n) is 14.9. The Kier molecular flexibility index (Phi) is 7.77. The van der Waals surface area contributed by atoms with Gasteiger partial charge in [-0.05, 0) is 72.2 Å². The lowest BCUT2D eigenvalue weighted by atomic mass is 9.83. The first-order chi connectivity index (χ1) is 22.7. The van der Waals surface area contributed by atoms with E-state index in [2.05, 4.69) is 146 Å². The minimum atomic E-state index is -0.218. The van der Waals surface area contributed by atoms with E-state index >= 15 is 0 Å². The number of thiophene rings is 2. The quantitative estimate of drug-likeness (QED) is 0.196. The molecule has 0 radical (unpaired) electrons. The summed E-state index contributed by atoms with van der Waals surface area (Å²) < 4.78 is 2.29. The summed E-state index contributed by atoms with van der Waals surface area (Å²) in [6, 6.07) is 31.5. The molecule has 7 aromatic rings. The SMILES string of the molecule is Cc1cc(-c2sc3ccccc3c2-c2cccc(-c3c(-c4cc(C)cc(C(C)(C)C)c4O)sc4ccccc34)n2)c(O)c(C(C)(C)C)c1. The largest absolute Gasteiger partial charge is 0.507 e. The van der Waals surface area contributed by atoms with Crippen LogP contribution in [-0.2, 0) is 10.8 Å². The van der Waals surface area contributed by atoms with E-state index in [4.69, 9.17) is 4.98 Å². The molecule has 48 heavy (non-hydrogen) atoms. The van der Waals surface area contributed by atoms with E-state index in [1.54, 1.807) is 22.7 Å². The lowest BCUT2D eigenvalue weighted by molar-refractivity contribution is 0.448. The molecule has 0 aliphatic heterocycles. The molecule has 7 rings (SSSR count). The van der Waals surface area contributed by atoms with Crippen LogP contribution in [0, 0.1) is 13.8 Å². The summed E-state index contributed by atoms with van der Waals surface area (Å²) in [6.07, 6.45) is 0. The Balaban J connectivity index is 1.50. The number of benzene rings is 4. The van der Waals surface area contributed by atoms with Gasteiger partial charge in [-0.1, -0.05) is 96.1 Å². The summed E-state index contributed by atoms with van der Waals surface area (Å²) in [5, 5.41) is 25.8. The van der Waals surface area contributed by atoms with E-state index in [0.717, 1.165) is 85.8 Å². The third-order valence-electron chi connectivity index (χ3n) is 9.07. The lowest BCUT2D eigenvalue weighted by Crippen LogP contribution is -2.12. The first-order valence-electron chi connectivity index (χ1n) is 16.4. The Morgan fingerprint density at radius 3 is 1.31 bits per heavy atom. The van der Waals surface area contributed by atoms with Crippen molar-refractivity contribution in [3.63, 3.8) is 0 Å². The van der Waals surface area contributed by atoms with E-state index in [1.165, 1.54) is 0 Å². The van der Waals surface area contributed by atoms with Crippen molar-refractivity contribution in [2.75, 3.05) is 0 Å². The van der Waals surface area contributed by atoms with Crippen LogP contribution in [-0.4, -0.2) is 15.2 Å². The number of nitrogens with zero attached hydrogens (tertiary/aromatic N) is 1. The molecule has 0 saturated carbocycles. The monoisotopic (exact) mass is 667 g/mol. The van der Waals surface area contributed by atoms with Crippen LogP contribution >= 0.6 is 22.7 Å². The maximum Gasteiger partial charge on any atom is 0.127 e. The van der Waals surface area contributed by atoms with E-state index in [9.17, 15) is 10.2 Å². The van der Waals surface area contributed by atoms with Crippen LogP contribution in [0.1, 0.15) is 63.8 Å². The number of hydrogen-bond donors (Lipinski definition) is 2. The highest BCUT2D eigenvalue weighted by Crippen LogP contribution is 2.52. The summed E-state index contributed by atoms with van der Waals surface area (Å²) in [4.78, 5) is 7.44. The number of phenols is 2. The van der Waals surface area contributed by atoms with Crippen molar-refractivity contribution in [2.45, 2.75) is 66.2 Å². The van der Waals surface area contributed by atoms with Gasteiger partial charge in [-0.2, -0.15) is 0 Å². The van der Waals surface area contributed by atoms with Crippen LogP contribution in [0.2, 0.25) is 0 Å². The molecule has 0 atom stereocenters. The zero-order chi connectivity index (χ0) is 34.1. The zero-order valence-corrected chi connectivity index (χ0v) is 30.5. The van der Waals surface area contributed by atoms with Gasteiger partial charge in [0.1, 0.15) is 11.5 Å². The molecule has 4 aromatic carbocycles. The van der Waals surface area contributed by atoms with Crippen LogP contribution in [0.5, 0.6) is 11.5 Å². The van der Waals surface area contributed by atoms with Crippen LogP contribution in [0.4, 0.5) is 0 Å². The lowest BCUT2D eigenvalue weighted by Gasteiger charge is -2.23. The molecule has 0 saturated heterocycles. The first-order valence-corrected chi connectivity index (χ1v) is 18.1. The second-order valence-corrected chi connectivity index (χ2v) is 17.0. The Labute approximate surface area is 291 Å². The van der Waals surface area contributed by atoms with Gasteiger partial charge in [-0.25, -0.2) is 4.98 Å². The maximum absolute atomic E-state index is 11.8. The predicted molar refractivity (Wildman–Crippen MR) is 207 cm³/mol. The molecule has 0 amide bonds. The van der Waals surface area contributed by atoms with E-state index in [-0.39, 0.29) is 10.8 Å². The van der Waals surface area contributed by atoms with Crippen molar-refractivity contribution >= 4 is 42.8 Å². The second kappa shape index (κ2) is 11.6. The highest BCUT2D eigenvalue weighted by atomic mass is 32.1. The zero-order valence-electron chi connectivity index (χ0n) is 28.8. The van der Waals surface area contributed by atoms with Gasteiger partial charge in [0, 0.05) is 63.3 Å². The Hall–Kier alpha value is -4.45. The van der Waals surface area contributed by atoms with Crippen LogP contribution in [0.25, 0.3) is 63.6 Å². The normalized spacial score (nSPS) is 12.3. The number of aromatic hydroxyl groups is 2. The molecule has 5 heteroatoms. The van der Waals surface area contributed by atoms with E-state index in [1.807, 2.05) is 0 Å². The number of aryl methyl sites for hydroxylation is 2. The average Bonchev–Trinajstić information content (AvgIpc) is 3.61. The molecule has 0 unspecified atom stereocenters. The maximum atomic E-state index is 11.8. The highest BCUT2D eigenvalue weighted by Gasteiger charge is 2.27. The van der Waals surface area contributed by atoms with Gasteiger partial charge >= 0.3 is 0 Å². The molecular weight excluding hydrogens is 627 g/mol. The summed E-state index contributed by atoms with van der Waals surface area (Å²) in [7, 11) is 0. The number of aromatic nitrogens is 1. The fraction of sp³-hybridized carbons (Fsp3) is 0.233. The van der Waals surface area contributed by atoms with Gasteiger partial charge in [0.15, 0.2) is 0 Å². The summed E-state index contributed by atoms with van der Waals surface area (Å²) in [6.45, 7) is 17.0. The number of pyridine rings is 1. The summed E-state index contributed by atoms with van der Waals surface area (Å²) in [5.74, 6) is 0.653. The molecule has 3 heterocycles. The van der Waals surface area contributed by atoms with Gasteiger partial charge < -0.3 is 10.2 Å². The number of phenolic OH excluding ortho intramolecular Hbond substituents is 2. The van der Waals surface area contributed by atoms with Crippen molar-refractivity contribution < 1.29 is 10.2 Å². The molecule has 0 bridgehead atoms. The van der Waals surface area contributed by atoms with Gasteiger partial charge in [0.05, 0.1) is 11.4 Å². The fourth-order valence-corrected chi connectivity index (χ4v) is 9.20. The van der Waals surface area contributed by atoms with E-state index < -0.39 is 0 Å². The minimum absolute atomic E-state index is 0.218. The van der Waals surface area contributed by atoms with E-state index in [0.29, 0.717) is 11.5 Å². The molecule has 242 valence electrons. The third kappa shape index (κ3) is 5.49. The number of hydrogen-bond acceptors (Lipinski definition) is 5. The fourth-order valence-electron chi connectivity index (χ4n) is 6.74. The van der Waals surface area contributed by atoms with Crippen LogP contribution < -0.4 is 0 Å². The average molecular weight is 668 g/mol. The molecule has 0 aliphatic carbocycles. The third-order valence-corrected chi connectivity index (χ3v) is 11.5. The molecular formula is C43H41NO2S2. The number of fused-ring (bicyclic) bond motifs is 2. The predicted octanol–water partition coefficient (Wildman–Crippen LogP) is 12.8. The number of rotatable bonds is 4. The van der Waals surface area contributed by atoms with Crippen molar-refractivity contribution in [2.24, 2.45) is 0 Å². The summed E-state index contributed by atoms with van der Waals surface area (Å²) in [5.41, 5.74) is 9.07. The van der Waals surface area contributed by atoms with Gasteiger partial charge in [-0.3, -0.25) is 0 Å². The molecule has 0 aliphatic rings. The smallest absolute Gasteiger partial charge is 0.127 e. The van der Waals surface area contributed by atoms with Crippen molar-refractivity contribution in [1.82, 2.24) is 4.98 Å². The highest BCUT2D eigenvalue weighted by molar-refractivity contribution is 7.23. The first kappa shape index (κ1) is 32.1. The topological polar surface area (TPSA) is 53.4 Å². The summed E-state index contributed by atoms with van der Waals surface area (Å²) >= 11 is 3.39. The Morgan fingerprint density at radius 2 is 0.917 bits per heavy atom. The van der Waals surface area contributed by atoms with Gasteiger partial charge in [0.2, 0.25) is 0 Å². The van der Waals surface area contributed by atoms with Crippen molar-refractivity contribution in [3.8, 4) is 54.9 Å². The van der Waals surface area contributed by atoms with Gasteiger partial charge in [0.25, 0.3) is 0 Å². The molecule has 0 spiro atoms. The molecule has 0 fully saturated rings. The standard InChI is InChI=1S/C43H41NO2S2/c1-24-20-28(38(45)30(22-24)42(3,4)5)40-36(26-14-9-11-18-34(26)47-40)32-16-13-17-33(44-32)37-27-15-10-12-19-35(27)48-41(37)29-21-25(2)23-31(39(29)46)43(6,7)8/h9-23,45-46H,1-8H3. The van der Waals surface area contributed by atoms with Crippen LogP contribution in [0.15, 0.2) is 91.0 Å². The van der Waals surface area contributed by atoms with Gasteiger partial charge in [-0.15, -0.1) is 22.7 Å². The molecule has 3 nitrogen and oxygen atoms in total. The van der Waals surface area contributed by atoms with Crippen LogP contribution in [0.3, 0.4) is 0 Å².